The normalized spacial score (nSPS) is 12.2. The third-order valence-electron chi connectivity index (χ3n) is 2.90. The summed E-state index contributed by atoms with van der Waals surface area (Å²) in [5, 5.41) is 13.5. The molecule has 0 atom stereocenters. The predicted molar refractivity (Wildman–Crippen MR) is 70.7 cm³/mol. The fraction of sp³-hybridized carbons (Fsp3) is 0.364. The summed E-state index contributed by atoms with van der Waals surface area (Å²) in [6, 6.07) is 1.46. The lowest BCUT2D eigenvalue weighted by molar-refractivity contribution is -0.137. The van der Waals surface area contributed by atoms with E-state index in [2.05, 4.69) is 10.1 Å². The SMILES string of the molecule is Cc1nn(C)c2ncc(S(=O)(=O)N(C)CC(=O)O)cc12. The molecule has 0 saturated heterocycles. The Bertz CT molecular complexity index is 781. The second-order valence-corrected chi connectivity index (χ2v) is 6.45. The van der Waals surface area contributed by atoms with Crippen molar-refractivity contribution in [2.24, 2.45) is 7.05 Å². The average molecular weight is 298 g/mol. The molecule has 0 saturated carbocycles. The number of likely N-dealkylation sites (N-methyl/N-ethyl adjacent to an activating group) is 1. The first-order chi connectivity index (χ1) is 9.23. The first-order valence-corrected chi connectivity index (χ1v) is 7.15. The number of pyridine rings is 1. The topological polar surface area (TPSA) is 105 Å². The molecule has 2 rings (SSSR count). The highest BCUT2D eigenvalue weighted by Crippen LogP contribution is 2.21. The largest absolute Gasteiger partial charge is 0.480 e. The van der Waals surface area contributed by atoms with Crippen molar-refractivity contribution in [2.75, 3.05) is 13.6 Å². The lowest BCUT2D eigenvalue weighted by Crippen LogP contribution is -2.32. The van der Waals surface area contributed by atoms with Gasteiger partial charge in [-0.05, 0) is 13.0 Å². The summed E-state index contributed by atoms with van der Waals surface area (Å²) in [6.07, 6.45) is 1.21. The van der Waals surface area contributed by atoms with Gasteiger partial charge < -0.3 is 5.11 Å². The summed E-state index contributed by atoms with van der Waals surface area (Å²) in [4.78, 5) is 14.6. The summed E-state index contributed by atoms with van der Waals surface area (Å²) in [7, 11) is -0.953. The minimum absolute atomic E-state index is 0.0511. The van der Waals surface area contributed by atoms with Gasteiger partial charge in [0, 0.05) is 25.7 Å². The van der Waals surface area contributed by atoms with Gasteiger partial charge in [0.15, 0.2) is 5.65 Å². The Balaban J connectivity index is 2.52. The molecule has 2 aromatic heterocycles. The van der Waals surface area contributed by atoms with Crippen LogP contribution in [0.1, 0.15) is 5.69 Å². The third kappa shape index (κ3) is 2.37. The van der Waals surface area contributed by atoms with Gasteiger partial charge in [-0.1, -0.05) is 0 Å². The van der Waals surface area contributed by atoms with Crippen molar-refractivity contribution in [1.82, 2.24) is 19.1 Å². The van der Waals surface area contributed by atoms with Crippen LogP contribution in [0.15, 0.2) is 17.2 Å². The number of rotatable bonds is 4. The van der Waals surface area contributed by atoms with Gasteiger partial charge in [0.2, 0.25) is 10.0 Å². The van der Waals surface area contributed by atoms with Crippen LogP contribution in [0.5, 0.6) is 0 Å². The molecule has 0 fully saturated rings. The summed E-state index contributed by atoms with van der Waals surface area (Å²) >= 11 is 0. The lowest BCUT2D eigenvalue weighted by atomic mass is 10.3. The quantitative estimate of drug-likeness (QED) is 0.850. The van der Waals surface area contributed by atoms with Crippen LogP contribution >= 0.6 is 0 Å². The van der Waals surface area contributed by atoms with Crippen molar-refractivity contribution in [3.05, 3.63) is 18.0 Å². The van der Waals surface area contributed by atoms with Gasteiger partial charge in [-0.3, -0.25) is 9.48 Å². The number of aliphatic carboxylic acids is 1. The molecule has 0 aliphatic rings. The molecule has 2 heterocycles. The van der Waals surface area contributed by atoms with Gasteiger partial charge in [-0.15, -0.1) is 0 Å². The van der Waals surface area contributed by atoms with Gasteiger partial charge in [0.25, 0.3) is 0 Å². The lowest BCUT2D eigenvalue weighted by Gasteiger charge is -2.14. The minimum Gasteiger partial charge on any atom is -0.480 e. The predicted octanol–water partition coefficient (Wildman–Crippen LogP) is -0.0182. The molecule has 0 bridgehead atoms. The molecule has 0 aliphatic carbocycles. The van der Waals surface area contributed by atoms with Crippen molar-refractivity contribution < 1.29 is 18.3 Å². The number of carboxylic acids is 1. The summed E-state index contributed by atoms with van der Waals surface area (Å²) in [6.45, 7) is 1.15. The van der Waals surface area contributed by atoms with E-state index in [1.54, 1.807) is 18.7 Å². The number of aromatic nitrogens is 3. The third-order valence-corrected chi connectivity index (χ3v) is 4.67. The number of carbonyl (C=O) groups is 1. The van der Waals surface area contributed by atoms with Crippen LogP contribution in [0, 0.1) is 6.92 Å². The number of fused-ring (bicyclic) bond motifs is 1. The van der Waals surface area contributed by atoms with E-state index in [4.69, 9.17) is 5.11 Å². The molecule has 2 aromatic rings. The van der Waals surface area contributed by atoms with Gasteiger partial charge in [0.05, 0.1) is 5.69 Å². The van der Waals surface area contributed by atoms with E-state index in [-0.39, 0.29) is 4.90 Å². The van der Waals surface area contributed by atoms with E-state index in [1.807, 2.05) is 0 Å². The standard InChI is InChI=1S/C11H14N4O4S/c1-7-9-4-8(5-12-11(9)15(3)13-7)20(18,19)14(2)6-10(16)17/h4-5H,6H2,1-3H3,(H,16,17). The number of nitrogens with zero attached hydrogens (tertiary/aromatic N) is 4. The van der Waals surface area contributed by atoms with Crippen LogP contribution in [-0.4, -0.2) is 52.2 Å². The molecule has 8 nitrogen and oxygen atoms in total. The van der Waals surface area contributed by atoms with Crippen LogP contribution in [0.2, 0.25) is 0 Å². The van der Waals surface area contributed by atoms with Gasteiger partial charge in [0.1, 0.15) is 11.4 Å². The zero-order valence-corrected chi connectivity index (χ0v) is 12.0. The zero-order valence-electron chi connectivity index (χ0n) is 11.2. The van der Waals surface area contributed by atoms with Crippen molar-refractivity contribution >= 4 is 27.0 Å². The molecule has 0 unspecified atom stereocenters. The molecule has 0 aromatic carbocycles. The Morgan fingerprint density at radius 2 is 2.15 bits per heavy atom. The van der Waals surface area contributed by atoms with Crippen LogP contribution < -0.4 is 0 Å². The van der Waals surface area contributed by atoms with Crippen molar-refractivity contribution in [3.8, 4) is 0 Å². The van der Waals surface area contributed by atoms with E-state index in [0.717, 1.165) is 4.31 Å². The molecule has 1 N–H and O–H groups in total. The van der Waals surface area contributed by atoms with E-state index >= 15 is 0 Å². The van der Waals surface area contributed by atoms with Crippen molar-refractivity contribution in [1.29, 1.82) is 0 Å². The van der Waals surface area contributed by atoms with Crippen LogP contribution in [0.25, 0.3) is 11.0 Å². The second kappa shape index (κ2) is 4.84. The summed E-state index contributed by atoms with van der Waals surface area (Å²) in [5.74, 6) is -1.22. The molecule has 0 radical (unpaired) electrons. The summed E-state index contributed by atoms with van der Waals surface area (Å²) in [5.41, 5.74) is 1.23. The molecule has 0 amide bonds. The Hall–Kier alpha value is -2.00. The number of carboxylic acid groups (broad SMARTS) is 1. The van der Waals surface area contributed by atoms with E-state index in [0.29, 0.717) is 16.7 Å². The monoisotopic (exact) mass is 298 g/mol. The van der Waals surface area contributed by atoms with E-state index < -0.39 is 22.5 Å². The Labute approximate surface area is 115 Å². The highest BCUT2D eigenvalue weighted by molar-refractivity contribution is 7.89. The Morgan fingerprint density at radius 3 is 2.75 bits per heavy atom. The highest BCUT2D eigenvalue weighted by atomic mass is 32.2. The van der Waals surface area contributed by atoms with Crippen molar-refractivity contribution in [3.63, 3.8) is 0 Å². The zero-order chi connectivity index (χ0) is 15.1. The Morgan fingerprint density at radius 1 is 1.50 bits per heavy atom. The highest BCUT2D eigenvalue weighted by Gasteiger charge is 2.24. The fourth-order valence-electron chi connectivity index (χ4n) is 1.89. The average Bonchev–Trinajstić information content (AvgIpc) is 2.64. The number of aryl methyl sites for hydroxylation is 2. The van der Waals surface area contributed by atoms with Crippen molar-refractivity contribution in [2.45, 2.75) is 11.8 Å². The number of sulfonamides is 1. The van der Waals surface area contributed by atoms with Gasteiger partial charge in [-0.2, -0.15) is 9.40 Å². The molecule has 9 heteroatoms. The second-order valence-electron chi connectivity index (χ2n) is 4.41. The molecule has 20 heavy (non-hydrogen) atoms. The smallest absolute Gasteiger partial charge is 0.318 e. The van der Waals surface area contributed by atoms with E-state index in [1.165, 1.54) is 19.3 Å². The van der Waals surface area contributed by atoms with Crippen LogP contribution in [0.4, 0.5) is 0 Å². The maximum absolute atomic E-state index is 12.2. The molecular weight excluding hydrogens is 284 g/mol. The van der Waals surface area contributed by atoms with E-state index in [9.17, 15) is 13.2 Å². The minimum atomic E-state index is -3.88. The summed E-state index contributed by atoms with van der Waals surface area (Å²) < 4.78 is 26.8. The molecule has 0 aliphatic heterocycles. The van der Waals surface area contributed by atoms with Gasteiger partial charge in [-0.25, -0.2) is 13.4 Å². The maximum Gasteiger partial charge on any atom is 0.318 e. The first kappa shape index (κ1) is 14.4. The van der Waals surface area contributed by atoms with Crippen LogP contribution in [-0.2, 0) is 21.9 Å². The number of hydrogen-bond acceptors (Lipinski definition) is 5. The molecule has 108 valence electrons. The fourth-order valence-corrected chi connectivity index (χ4v) is 2.98. The Kier molecular flexibility index (Phi) is 3.48. The van der Waals surface area contributed by atoms with Crippen LogP contribution in [0.3, 0.4) is 0 Å². The molecular formula is C11H14N4O4S. The molecule has 0 spiro atoms. The first-order valence-electron chi connectivity index (χ1n) is 5.71. The van der Waals surface area contributed by atoms with Gasteiger partial charge >= 0.3 is 5.97 Å². The number of hydrogen-bond donors (Lipinski definition) is 1. The maximum atomic E-state index is 12.2.